The Morgan fingerprint density at radius 1 is 1.44 bits per heavy atom. The summed E-state index contributed by atoms with van der Waals surface area (Å²) >= 11 is 0. The van der Waals surface area contributed by atoms with Crippen LogP contribution in [0.2, 0.25) is 0 Å². The minimum Gasteiger partial charge on any atom is -0.540 e. The molecule has 0 unspecified atom stereocenters. The molecule has 1 N–H and O–H groups in total. The van der Waals surface area contributed by atoms with Crippen LogP contribution in [0.4, 0.5) is 5.69 Å². The molecule has 0 aliphatic carbocycles. The van der Waals surface area contributed by atoms with Crippen molar-refractivity contribution in [2.75, 3.05) is 0 Å². The van der Waals surface area contributed by atoms with E-state index in [9.17, 15) is 4.79 Å². The van der Waals surface area contributed by atoms with E-state index in [0.29, 0.717) is 12.3 Å². The Labute approximate surface area is 149 Å². The van der Waals surface area contributed by atoms with Gasteiger partial charge in [-0.05, 0) is 6.92 Å². The first-order valence-electron chi connectivity index (χ1n) is 4.87. The standard InChI is InChI=1S/C8H6N.C3H5O2.C2H6.W.Y/c1-7-4-3-5-8(6-7)9-2;1-3(5)2-4;1-2;;/h3-6H,1H2;2,4H,1H3;1-2H3;;/q2*-1;;;. The van der Waals surface area contributed by atoms with Gasteiger partial charge in [0, 0.05) is 59.6 Å². The summed E-state index contributed by atoms with van der Waals surface area (Å²) in [5.41, 5.74) is 1.55. The van der Waals surface area contributed by atoms with Crippen LogP contribution in [0.15, 0.2) is 24.3 Å². The number of Topliss-reactive ketones (excluding diaryl/α,β-unsaturated/α-hetero) is 1. The molecule has 5 heteroatoms. The maximum Gasteiger partial charge on any atom is 0.134 e. The van der Waals surface area contributed by atoms with Gasteiger partial charge in [-0.3, -0.25) is 4.85 Å². The number of carbonyl (C=O) groups excluding carboxylic acids is 1. The van der Waals surface area contributed by atoms with Gasteiger partial charge in [0.1, 0.15) is 5.69 Å². The molecule has 0 spiro atoms. The quantitative estimate of drug-likeness (QED) is 0.610. The molecular weight excluding hydrogens is 475 g/mol. The van der Waals surface area contributed by atoms with Crippen LogP contribution in [-0.4, -0.2) is 10.9 Å². The summed E-state index contributed by atoms with van der Waals surface area (Å²) in [6, 6.07) is 7.22. The number of rotatable bonds is 1. The molecule has 3 nitrogen and oxygen atoms in total. The molecule has 0 aromatic heterocycles. The average molecular weight is 492 g/mol. The van der Waals surface area contributed by atoms with E-state index in [4.69, 9.17) is 11.7 Å². The number of ketones is 1. The van der Waals surface area contributed by atoms with Crippen LogP contribution in [0.3, 0.4) is 0 Å². The molecule has 97 valence electrons. The maximum absolute atomic E-state index is 9.51. The Bertz CT molecular complexity index is 351. The zero-order chi connectivity index (χ0) is 13.0. The second-order valence-electron chi connectivity index (χ2n) is 2.52. The molecule has 0 heterocycles. The summed E-state index contributed by atoms with van der Waals surface area (Å²) in [6.45, 7) is 16.1. The van der Waals surface area contributed by atoms with Crippen LogP contribution < -0.4 is 0 Å². The SMILES string of the molecule is CC.CC(=O)[CH-]O.[C-]#[N+]c1cccc([CH2-])c1.[W].[Y]. The number of hydrogen-bond acceptors (Lipinski definition) is 2. The number of nitrogens with zero attached hydrogens (tertiary/aromatic N) is 1. The van der Waals surface area contributed by atoms with Gasteiger partial charge in [-0.2, -0.15) is 19.1 Å². The molecule has 0 amide bonds. The number of aliphatic hydroxyl groups is 1. The molecule has 0 aliphatic heterocycles. The van der Waals surface area contributed by atoms with E-state index < -0.39 is 0 Å². The van der Waals surface area contributed by atoms with Crippen LogP contribution in [-0.2, 0) is 58.6 Å². The van der Waals surface area contributed by atoms with Gasteiger partial charge in [0.25, 0.3) is 0 Å². The van der Waals surface area contributed by atoms with Crippen molar-refractivity contribution in [3.8, 4) is 0 Å². The van der Waals surface area contributed by atoms with Gasteiger partial charge in [0.05, 0.1) is 6.57 Å². The molecule has 0 atom stereocenters. The number of carbonyl (C=O) groups is 1. The second kappa shape index (κ2) is 19.2. The minimum atomic E-state index is -0.315. The van der Waals surface area contributed by atoms with Crippen molar-refractivity contribution in [2.24, 2.45) is 0 Å². The molecule has 0 saturated carbocycles. The van der Waals surface area contributed by atoms with Crippen molar-refractivity contribution in [1.82, 2.24) is 0 Å². The van der Waals surface area contributed by atoms with Gasteiger partial charge in [0.2, 0.25) is 0 Å². The fourth-order valence-corrected chi connectivity index (χ4v) is 0.626. The first-order chi connectivity index (χ1) is 7.60. The van der Waals surface area contributed by atoms with Crippen molar-refractivity contribution in [1.29, 1.82) is 0 Å². The molecule has 1 rings (SSSR count). The largest absolute Gasteiger partial charge is 0.540 e. The van der Waals surface area contributed by atoms with E-state index in [-0.39, 0.29) is 59.6 Å². The van der Waals surface area contributed by atoms with E-state index in [1.807, 2.05) is 26.0 Å². The molecule has 1 aromatic carbocycles. The Morgan fingerprint density at radius 3 is 2.11 bits per heavy atom. The molecule has 0 fully saturated rings. The summed E-state index contributed by atoms with van der Waals surface area (Å²) in [4.78, 5) is 12.7. The number of aliphatic hydroxyl groups excluding tert-OH is 1. The first-order valence-corrected chi connectivity index (χ1v) is 4.87. The topological polar surface area (TPSA) is 41.7 Å². The van der Waals surface area contributed by atoms with Gasteiger partial charge in [0.15, 0.2) is 0 Å². The van der Waals surface area contributed by atoms with Crippen LogP contribution in [0.25, 0.3) is 4.85 Å². The van der Waals surface area contributed by atoms with Crippen molar-refractivity contribution in [3.05, 3.63) is 54.8 Å². The van der Waals surface area contributed by atoms with Crippen molar-refractivity contribution < 1.29 is 63.7 Å². The van der Waals surface area contributed by atoms with E-state index in [2.05, 4.69) is 11.8 Å². The fraction of sp³-hybridized carbons (Fsp3) is 0.231. The van der Waals surface area contributed by atoms with E-state index in [0.717, 1.165) is 5.56 Å². The Balaban J connectivity index is -0.0000000959. The van der Waals surface area contributed by atoms with E-state index in [1.165, 1.54) is 6.92 Å². The van der Waals surface area contributed by atoms with E-state index in [1.54, 1.807) is 12.1 Å². The summed E-state index contributed by atoms with van der Waals surface area (Å²) in [5.74, 6) is -0.315. The Morgan fingerprint density at radius 2 is 1.89 bits per heavy atom. The number of hydrogen-bond donors (Lipinski definition) is 1. The summed E-state index contributed by atoms with van der Waals surface area (Å²) in [7, 11) is 0. The predicted molar refractivity (Wildman–Crippen MR) is 65.4 cm³/mol. The third-order valence-corrected chi connectivity index (χ3v) is 1.22. The Kier molecular flexibility index (Phi) is 28.2. The van der Waals surface area contributed by atoms with Crippen molar-refractivity contribution >= 4 is 11.5 Å². The first kappa shape index (κ1) is 26.4. The number of benzene rings is 1. The normalized spacial score (nSPS) is 6.39. The van der Waals surface area contributed by atoms with Crippen LogP contribution in [0.1, 0.15) is 26.3 Å². The molecule has 0 saturated heterocycles. The van der Waals surface area contributed by atoms with Gasteiger partial charge in [-0.25, -0.2) is 12.2 Å². The van der Waals surface area contributed by atoms with Crippen LogP contribution >= 0.6 is 0 Å². The third kappa shape index (κ3) is 18.2. The van der Waals surface area contributed by atoms with Crippen molar-refractivity contribution in [3.63, 3.8) is 0 Å². The molecular formula is C13H17NO2WY-2. The zero-order valence-corrected chi connectivity index (χ0v) is 16.7. The Hall–Kier alpha value is -0.128. The minimum absolute atomic E-state index is 0. The molecule has 0 aliphatic rings. The molecule has 0 bridgehead atoms. The fourth-order valence-electron chi connectivity index (χ4n) is 0.626. The van der Waals surface area contributed by atoms with E-state index >= 15 is 0 Å². The smallest absolute Gasteiger partial charge is 0.134 e. The summed E-state index contributed by atoms with van der Waals surface area (Å²) in [6.07, 6.45) is 0. The molecule has 18 heavy (non-hydrogen) atoms. The average Bonchev–Trinajstić information content (AvgIpc) is 2.32. The van der Waals surface area contributed by atoms with Crippen molar-refractivity contribution in [2.45, 2.75) is 20.8 Å². The third-order valence-electron chi connectivity index (χ3n) is 1.22. The zero-order valence-electron chi connectivity index (χ0n) is 10.9. The summed E-state index contributed by atoms with van der Waals surface area (Å²) < 4.78 is 0. The van der Waals surface area contributed by atoms with Crippen LogP contribution in [0.5, 0.6) is 0 Å². The second-order valence-corrected chi connectivity index (χ2v) is 2.52. The molecule has 1 radical (unpaired) electrons. The van der Waals surface area contributed by atoms with Gasteiger partial charge in [-0.1, -0.05) is 19.9 Å². The monoisotopic (exact) mass is 492 g/mol. The van der Waals surface area contributed by atoms with Gasteiger partial charge < -0.3 is 9.90 Å². The molecule has 1 aromatic rings. The summed E-state index contributed by atoms with van der Waals surface area (Å²) in [5, 5.41) is 7.67. The van der Waals surface area contributed by atoms with Gasteiger partial charge >= 0.3 is 0 Å². The van der Waals surface area contributed by atoms with Gasteiger partial charge in [-0.15, -0.1) is 6.07 Å². The maximum atomic E-state index is 9.51. The predicted octanol–water partition coefficient (Wildman–Crippen LogP) is 3.55. The van der Waals surface area contributed by atoms with Crippen LogP contribution in [0, 0.1) is 20.1 Å².